The Bertz CT molecular complexity index is 1000. The van der Waals surface area contributed by atoms with Gasteiger partial charge in [-0.3, -0.25) is 4.79 Å². The highest BCUT2D eigenvalue weighted by molar-refractivity contribution is 9.10. The predicted molar refractivity (Wildman–Crippen MR) is 100 cm³/mol. The van der Waals surface area contributed by atoms with E-state index in [0.29, 0.717) is 23.6 Å². The predicted octanol–water partition coefficient (Wildman–Crippen LogP) is 4.56. The van der Waals surface area contributed by atoms with Crippen LogP contribution >= 0.6 is 15.9 Å². The molecule has 1 aromatic heterocycles. The zero-order valence-corrected chi connectivity index (χ0v) is 15.1. The lowest BCUT2D eigenvalue weighted by Crippen LogP contribution is -2.13. The van der Waals surface area contributed by atoms with E-state index in [1.54, 1.807) is 13.0 Å². The second-order valence-electron chi connectivity index (χ2n) is 5.59. The lowest BCUT2D eigenvalue weighted by atomic mass is 10.00. The largest absolute Gasteiger partial charge is 0.488 e. The van der Waals surface area contributed by atoms with Crippen LogP contribution in [0.3, 0.4) is 0 Å². The minimum absolute atomic E-state index is 0.0882. The molecule has 0 aliphatic rings. The molecule has 0 amide bonds. The molecule has 0 unspecified atom stereocenters. The quantitative estimate of drug-likeness (QED) is 0.704. The molecule has 4 nitrogen and oxygen atoms in total. The Balaban J connectivity index is 1.98. The molecule has 0 fully saturated rings. The number of H-pyrrole nitrogens is 1. The molecule has 0 saturated heterocycles. The Morgan fingerprint density at radius 2 is 1.84 bits per heavy atom. The summed E-state index contributed by atoms with van der Waals surface area (Å²) in [5.41, 5.74) is 2.73. The lowest BCUT2D eigenvalue weighted by molar-refractivity contribution is 0.307. The van der Waals surface area contributed by atoms with Crippen molar-refractivity contribution in [2.75, 3.05) is 0 Å². The fraction of sp³-hybridized carbons (Fsp3) is 0.100. The second kappa shape index (κ2) is 7.37. The van der Waals surface area contributed by atoms with Crippen LogP contribution in [-0.2, 0) is 6.61 Å². The van der Waals surface area contributed by atoms with Gasteiger partial charge in [0.1, 0.15) is 24.0 Å². The number of aryl methyl sites for hydroxylation is 1. The maximum absolute atomic E-state index is 12.1. The van der Waals surface area contributed by atoms with Gasteiger partial charge < -0.3 is 9.72 Å². The van der Waals surface area contributed by atoms with Crippen LogP contribution in [0.1, 0.15) is 16.8 Å². The first-order valence-corrected chi connectivity index (χ1v) is 8.48. The molecule has 124 valence electrons. The van der Waals surface area contributed by atoms with Crippen LogP contribution in [0.25, 0.3) is 11.1 Å². The average Bonchev–Trinajstić information content (AvgIpc) is 2.61. The summed E-state index contributed by atoms with van der Waals surface area (Å²) in [6.45, 7) is 2.19. The van der Waals surface area contributed by atoms with Gasteiger partial charge in [0.15, 0.2) is 0 Å². The number of aromatic amines is 1. The van der Waals surface area contributed by atoms with Crippen LogP contribution < -0.4 is 10.3 Å². The first kappa shape index (κ1) is 17.0. The van der Waals surface area contributed by atoms with Crippen LogP contribution in [0.5, 0.6) is 5.75 Å². The van der Waals surface area contributed by atoms with Crippen molar-refractivity contribution in [3.05, 3.63) is 86.2 Å². The van der Waals surface area contributed by atoms with Gasteiger partial charge >= 0.3 is 0 Å². The van der Waals surface area contributed by atoms with Gasteiger partial charge in [-0.1, -0.05) is 46.3 Å². The molecule has 0 saturated carbocycles. The fourth-order valence-corrected chi connectivity index (χ4v) is 2.83. The van der Waals surface area contributed by atoms with Gasteiger partial charge in [-0.2, -0.15) is 5.26 Å². The maximum atomic E-state index is 12.1. The average molecular weight is 395 g/mol. The van der Waals surface area contributed by atoms with Gasteiger partial charge in [0.25, 0.3) is 5.56 Å². The third-order valence-electron chi connectivity index (χ3n) is 3.76. The smallest absolute Gasteiger partial charge is 0.266 e. The Kier molecular flexibility index (Phi) is 5.01. The normalized spacial score (nSPS) is 10.3. The first-order valence-electron chi connectivity index (χ1n) is 7.69. The minimum Gasteiger partial charge on any atom is -0.488 e. The van der Waals surface area contributed by atoms with E-state index in [0.717, 1.165) is 15.6 Å². The zero-order valence-electron chi connectivity index (χ0n) is 13.5. The van der Waals surface area contributed by atoms with Gasteiger partial charge in [0.2, 0.25) is 0 Å². The summed E-state index contributed by atoms with van der Waals surface area (Å²) < 4.78 is 6.97. The van der Waals surface area contributed by atoms with E-state index in [4.69, 9.17) is 4.74 Å². The summed E-state index contributed by atoms with van der Waals surface area (Å²) in [7, 11) is 0. The molecule has 2 aromatic carbocycles. The highest BCUT2D eigenvalue weighted by atomic mass is 79.9. The molecule has 0 spiro atoms. The van der Waals surface area contributed by atoms with Crippen LogP contribution in [0.15, 0.2) is 63.9 Å². The van der Waals surface area contributed by atoms with E-state index >= 15 is 0 Å². The zero-order chi connectivity index (χ0) is 17.8. The second-order valence-corrected chi connectivity index (χ2v) is 6.51. The fourth-order valence-electron chi connectivity index (χ4n) is 2.57. The molecule has 1 N–H and O–H groups in total. The third-order valence-corrected chi connectivity index (χ3v) is 4.29. The van der Waals surface area contributed by atoms with Crippen molar-refractivity contribution in [1.29, 1.82) is 5.26 Å². The standard InChI is InChI=1S/C20H15BrN2O2/c1-13-10-17(18(11-22)20(24)23-13)16-4-2-3-5-19(16)25-12-14-6-8-15(21)9-7-14/h2-10H,12H2,1H3,(H,23,24). The van der Waals surface area contributed by atoms with Crippen LogP contribution in [0.2, 0.25) is 0 Å². The number of nitriles is 1. The monoisotopic (exact) mass is 394 g/mol. The first-order chi connectivity index (χ1) is 12.1. The Morgan fingerprint density at radius 1 is 1.12 bits per heavy atom. The number of aromatic nitrogens is 1. The molecular weight excluding hydrogens is 380 g/mol. The molecule has 0 aliphatic heterocycles. The number of pyridine rings is 1. The number of hydrogen-bond donors (Lipinski definition) is 1. The van der Waals surface area contributed by atoms with Crippen molar-refractivity contribution >= 4 is 15.9 Å². The van der Waals surface area contributed by atoms with Crippen LogP contribution in [-0.4, -0.2) is 4.98 Å². The van der Waals surface area contributed by atoms with Gasteiger partial charge in [-0.25, -0.2) is 0 Å². The Labute approximate surface area is 153 Å². The topological polar surface area (TPSA) is 65.9 Å². The number of rotatable bonds is 4. The van der Waals surface area contributed by atoms with Crippen molar-refractivity contribution in [3.8, 4) is 22.9 Å². The lowest BCUT2D eigenvalue weighted by Gasteiger charge is -2.13. The summed E-state index contributed by atoms with van der Waals surface area (Å²) in [6.07, 6.45) is 0. The number of hydrogen-bond acceptors (Lipinski definition) is 3. The number of halogens is 1. The Hall–Kier alpha value is -2.84. The summed E-state index contributed by atoms with van der Waals surface area (Å²) in [6, 6.07) is 19.1. The van der Waals surface area contributed by atoms with E-state index in [1.165, 1.54) is 0 Å². The van der Waals surface area contributed by atoms with Crippen molar-refractivity contribution < 1.29 is 4.74 Å². The van der Waals surface area contributed by atoms with Crippen molar-refractivity contribution in [1.82, 2.24) is 4.98 Å². The number of benzene rings is 2. The summed E-state index contributed by atoms with van der Waals surface area (Å²) in [5.74, 6) is 0.631. The molecule has 3 aromatic rings. The highest BCUT2D eigenvalue weighted by Gasteiger charge is 2.14. The van der Waals surface area contributed by atoms with Crippen LogP contribution in [0, 0.1) is 18.3 Å². The van der Waals surface area contributed by atoms with Gasteiger partial charge in [-0.15, -0.1) is 0 Å². The van der Waals surface area contributed by atoms with E-state index in [9.17, 15) is 10.1 Å². The summed E-state index contributed by atoms with van der Waals surface area (Å²) in [5, 5.41) is 9.36. The number of nitrogens with one attached hydrogen (secondary N) is 1. The molecule has 0 aliphatic carbocycles. The minimum atomic E-state index is -0.389. The molecule has 1 heterocycles. The van der Waals surface area contributed by atoms with E-state index in [-0.39, 0.29) is 11.1 Å². The molecule has 3 rings (SSSR count). The molecule has 5 heteroatoms. The van der Waals surface area contributed by atoms with Gasteiger partial charge in [0.05, 0.1) is 0 Å². The van der Waals surface area contributed by atoms with Crippen LogP contribution in [0.4, 0.5) is 0 Å². The van der Waals surface area contributed by atoms with E-state index < -0.39 is 0 Å². The van der Waals surface area contributed by atoms with Gasteiger partial charge in [-0.05, 0) is 36.8 Å². The molecule has 0 bridgehead atoms. The molecule has 0 atom stereocenters. The van der Waals surface area contributed by atoms with E-state index in [1.807, 2.05) is 54.6 Å². The molecule has 25 heavy (non-hydrogen) atoms. The van der Waals surface area contributed by atoms with Crippen molar-refractivity contribution in [2.45, 2.75) is 13.5 Å². The van der Waals surface area contributed by atoms with Crippen molar-refractivity contribution in [3.63, 3.8) is 0 Å². The molecular formula is C20H15BrN2O2. The summed E-state index contributed by atoms with van der Waals surface area (Å²) in [4.78, 5) is 14.7. The number of ether oxygens (including phenoxy) is 1. The third kappa shape index (κ3) is 3.81. The van der Waals surface area contributed by atoms with Crippen molar-refractivity contribution in [2.24, 2.45) is 0 Å². The molecule has 0 radical (unpaired) electrons. The summed E-state index contributed by atoms with van der Waals surface area (Å²) >= 11 is 3.41. The number of para-hydroxylation sites is 1. The Morgan fingerprint density at radius 3 is 2.56 bits per heavy atom. The number of nitrogens with zero attached hydrogens (tertiary/aromatic N) is 1. The van der Waals surface area contributed by atoms with E-state index in [2.05, 4.69) is 20.9 Å². The SMILES string of the molecule is Cc1cc(-c2ccccc2OCc2ccc(Br)cc2)c(C#N)c(=O)[nH]1. The maximum Gasteiger partial charge on any atom is 0.266 e. The van der Waals surface area contributed by atoms with Gasteiger partial charge in [0, 0.05) is 21.3 Å². The highest BCUT2D eigenvalue weighted by Crippen LogP contribution is 2.32.